The van der Waals surface area contributed by atoms with Crippen molar-refractivity contribution in [2.45, 2.75) is 51.6 Å². The molecule has 2 fully saturated rings. The Hall–Kier alpha value is -2.63. The minimum absolute atomic E-state index is 0.0324. The third-order valence-corrected chi connectivity index (χ3v) is 7.86. The zero-order chi connectivity index (χ0) is 22.4. The maximum atomic E-state index is 13.5. The number of benzene rings is 2. The normalized spacial score (nSPS) is 23.7. The van der Waals surface area contributed by atoms with Gasteiger partial charge in [0.15, 0.2) is 0 Å². The summed E-state index contributed by atoms with van der Waals surface area (Å²) >= 11 is 0. The van der Waals surface area contributed by atoms with Gasteiger partial charge in [-0.2, -0.15) is 0 Å². The summed E-state index contributed by atoms with van der Waals surface area (Å²) < 4.78 is 12.5. The second-order valence-electron chi connectivity index (χ2n) is 9.93. The molecule has 0 amide bonds. The zero-order valence-corrected chi connectivity index (χ0v) is 19.4. The standard InChI is InChI=1S/C28H32N2O3/c1-19-26(20-8-3-2-4-9-20)27(31)22-12-13-25-23(28(22)33-19)17-29(18-32-25)16-21-10-7-15-30-14-6-5-11-24(21)30/h2-4,8-9,12-13,21,24H,5-7,10-11,14-18H2,1H3/t21-,24-/m1/s1. The lowest BCUT2D eigenvalue weighted by atomic mass is 9.83. The first-order valence-electron chi connectivity index (χ1n) is 12.4. The minimum Gasteiger partial charge on any atom is -0.478 e. The van der Waals surface area contributed by atoms with Gasteiger partial charge in [0.2, 0.25) is 5.43 Å². The number of fused-ring (bicyclic) bond motifs is 4. The fraction of sp³-hybridized carbons (Fsp3) is 0.464. The fourth-order valence-corrected chi connectivity index (χ4v) is 6.30. The van der Waals surface area contributed by atoms with Crippen molar-refractivity contribution in [2.24, 2.45) is 5.92 Å². The molecule has 5 heteroatoms. The predicted molar refractivity (Wildman–Crippen MR) is 130 cm³/mol. The van der Waals surface area contributed by atoms with Crippen LogP contribution in [-0.4, -0.2) is 42.2 Å². The molecule has 33 heavy (non-hydrogen) atoms. The van der Waals surface area contributed by atoms with Gasteiger partial charge in [-0.3, -0.25) is 9.69 Å². The molecule has 2 saturated heterocycles. The monoisotopic (exact) mass is 444 g/mol. The molecule has 5 nitrogen and oxygen atoms in total. The highest BCUT2D eigenvalue weighted by Crippen LogP contribution is 2.36. The van der Waals surface area contributed by atoms with Crippen LogP contribution in [0.25, 0.3) is 22.1 Å². The van der Waals surface area contributed by atoms with Crippen LogP contribution in [0.4, 0.5) is 0 Å². The summed E-state index contributed by atoms with van der Waals surface area (Å²) in [6.07, 6.45) is 6.63. The van der Waals surface area contributed by atoms with Crippen molar-refractivity contribution in [3.05, 3.63) is 64.0 Å². The topological polar surface area (TPSA) is 45.9 Å². The average Bonchev–Trinajstić information content (AvgIpc) is 2.85. The third kappa shape index (κ3) is 3.77. The van der Waals surface area contributed by atoms with E-state index in [9.17, 15) is 4.79 Å². The van der Waals surface area contributed by atoms with Crippen LogP contribution < -0.4 is 10.2 Å². The second-order valence-corrected chi connectivity index (χ2v) is 9.93. The van der Waals surface area contributed by atoms with Crippen molar-refractivity contribution in [3.8, 4) is 16.9 Å². The maximum absolute atomic E-state index is 13.5. The van der Waals surface area contributed by atoms with E-state index in [2.05, 4.69) is 9.80 Å². The highest BCUT2D eigenvalue weighted by molar-refractivity contribution is 5.86. The summed E-state index contributed by atoms with van der Waals surface area (Å²) in [6, 6.07) is 14.3. The summed E-state index contributed by atoms with van der Waals surface area (Å²) in [5.41, 5.74) is 3.27. The van der Waals surface area contributed by atoms with E-state index >= 15 is 0 Å². The molecule has 0 bridgehead atoms. The van der Waals surface area contributed by atoms with Crippen molar-refractivity contribution in [3.63, 3.8) is 0 Å². The lowest BCUT2D eigenvalue weighted by molar-refractivity contribution is 0.0146. The third-order valence-electron chi connectivity index (χ3n) is 7.86. The molecule has 4 heterocycles. The molecule has 172 valence electrons. The van der Waals surface area contributed by atoms with Gasteiger partial charge in [-0.05, 0) is 69.3 Å². The number of piperidine rings is 2. The summed E-state index contributed by atoms with van der Waals surface area (Å²) in [7, 11) is 0. The summed E-state index contributed by atoms with van der Waals surface area (Å²) in [5.74, 6) is 2.20. The maximum Gasteiger partial charge on any atom is 0.200 e. The molecule has 1 aromatic heterocycles. The van der Waals surface area contributed by atoms with E-state index in [-0.39, 0.29) is 5.43 Å². The van der Waals surface area contributed by atoms with Crippen molar-refractivity contribution in [1.82, 2.24) is 9.80 Å². The van der Waals surface area contributed by atoms with E-state index in [1.807, 2.05) is 49.4 Å². The van der Waals surface area contributed by atoms with Gasteiger partial charge in [-0.15, -0.1) is 0 Å². The molecule has 3 aliphatic rings. The molecule has 2 atom stereocenters. The summed E-state index contributed by atoms with van der Waals surface area (Å²) in [6.45, 7) is 6.83. The Labute approximate surface area is 194 Å². The molecule has 0 N–H and O–H groups in total. The van der Waals surface area contributed by atoms with Crippen molar-refractivity contribution >= 4 is 11.0 Å². The quantitative estimate of drug-likeness (QED) is 0.557. The molecule has 0 aliphatic carbocycles. The number of aryl methyl sites for hydroxylation is 1. The average molecular weight is 445 g/mol. The first-order chi connectivity index (χ1) is 16.2. The van der Waals surface area contributed by atoms with E-state index < -0.39 is 0 Å². The number of hydrogen-bond donors (Lipinski definition) is 0. The minimum atomic E-state index is 0.0324. The van der Waals surface area contributed by atoms with E-state index in [0.717, 1.165) is 36.0 Å². The van der Waals surface area contributed by atoms with E-state index in [4.69, 9.17) is 9.15 Å². The second kappa shape index (κ2) is 8.62. The van der Waals surface area contributed by atoms with Crippen LogP contribution in [0.5, 0.6) is 5.75 Å². The number of rotatable bonds is 3. The molecule has 6 rings (SSSR count). The lowest BCUT2D eigenvalue weighted by Gasteiger charge is -2.46. The predicted octanol–water partition coefficient (Wildman–Crippen LogP) is 5.18. The Morgan fingerprint density at radius 1 is 1.00 bits per heavy atom. The molecular weight excluding hydrogens is 412 g/mol. The molecule has 0 spiro atoms. The molecular formula is C28H32N2O3. The Morgan fingerprint density at radius 3 is 2.73 bits per heavy atom. The van der Waals surface area contributed by atoms with Gasteiger partial charge in [0.25, 0.3) is 0 Å². The van der Waals surface area contributed by atoms with Crippen LogP contribution >= 0.6 is 0 Å². The lowest BCUT2D eigenvalue weighted by Crippen LogP contribution is -2.51. The summed E-state index contributed by atoms with van der Waals surface area (Å²) in [4.78, 5) is 18.6. The van der Waals surface area contributed by atoms with Gasteiger partial charge in [0.1, 0.15) is 23.8 Å². The van der Waals surface area contributed by atoms with E-state index in [1.165, 1.54) is 45.2 Å². The Kier molecular flexibility index (Phi) is 5.47. The Balaban J connectivity index is 1.32. The Bertz CT molecular complexity index is 1220. The molecule has 0 unspecified atom stereocenters. The Morgan fingerprint density at radius 2 is 1.85 bits per heavy atom. The van der Waals surface area contributed by atoms with Crippen LogP contribution in [0.1, 0.15) is 43.4 Å². The van der Waals surface area contributed by atoms with Crippen molar-refractivity contribution in [1.29, 1.82) is 0 Å². The van der Waals surface area contributed by atoms with E-state index in [0.29, 0.717) is 34.9 Å². The largest absolute Gasteiger partial charge is 0.478 e. The van der Waals surface area contributed by atoms with Crippen LogP contribution in [-0.2, 0) is 6.54 Å². The van der Waals surface area contributed by atoms with Crippen LogP contribution in [0.3, 0.4) is 0 Å². The number of hydrogen-bond acceptors (Lipinski definition) is 5. The highest BCUT2D eigenvalue weighted by atomic mass is 16.5. The van der Waals surface area contributed by atoms with Gasteiger partial charge >= 0.3 is 0 Å². The van der Waals surface area contributed by atoms with Gasteiger partial charge in [0.05, 0.1) is 16.5 Å². The van der Waals surface area contributed by atoms with Gasteiger partial charge in [0, 0.05) is 19.1 Å². The highest BCUT2D eigenvalue weighted by Gasteiger charge is 2.35. The van der Waals surface area contributed by atoms with E-state index in [1.54, 1.807) is 0 Å². The van der Waals surface area contributed by atoms with Crippen LogP contribution in [0.15, 0.2) is 51.7 Å². The first kappa shape index (κ1) is 20.9. The molecule has 2 aromatic carbocycles. The SMILES string of the molecule is Cc1oc2c3c(ccc2c(=O)c1-c1ccccc1)OCN(C[C@H]1CCCN2CCCC[C@H]12)C3. The van der Waals surface area contributed by atoms with Crippen LogP contribution in [0, 0.1) is 12.8 Å². The van der Waals surface area contributed by atoms with Crippen LogP contribution in [0.2, 0.25) is 0 Å². The zero-order valence-electron chi connectivity index (χ0n) is 19.4. The fourth-order valence-electron chi connectivity index (χ4n) is 6.30. The van der Waals surface area contributed by atoms with Crippen molar-refractivity contribution < 1.29 is 9.15 Å². The smallest absolute Gasteiger partial charge is 0.200 e. The molecule has 3 aromatic rings. The first-order valence-corrected chi connectivity index (χ1v) is 12.4. The molecule has 3 aliphatic heterocycles. The number of ether oxygens (including phenoxy) is 1. The van der Waals surface area contributed by atoms with Gasteiger partial charge in [-0.25, -0.2) is 0 Å². The summed E-state index contributed by atoms with van der Waals surface area (Å²) in [5, 5.41) is 0.639. The number of nitrogens with zero attached hydrogens (tertiary/aromatic N) is 2. The molecule has 0 saturated carbocycles. The van der Waals surface area contributed by atoms with Gasteiger partial charge in [-0.1, -0.05) is 36.8 Å². The van der Waals surface area contributed by atoms with Gasteiger partial charge < -0.3 is 14.1 Å². The van der Waals surface area contributed by atoms with Crippen molar-refractivity contribution in [2.75, 3.05) is 26.4 Å². The molecule has 0 radical (unpaired) electrons.